The minimum Gasteiger partial charge on any atom is -0.312 e. The van der Waals surface area contributed by atoms with Crippen molar-refractivity contribution in [3.63, 3.8) is 0 Å². The second-order valence-corrected chi connectivity index (χ2v) is 4.54. The molecule has 96 valence electrons. The molecule has 0 bridgehead atoms. The van der Waals surface area contributed by atoms with Gasteiger partial charge in [0.1, 0.15) is 0 Å². The molecule has 0 aromatic carbocycles. The summed E-state index contributed by atoms with van der Waals surface area (Å²) >= 11 is 0. The highest BCUT2D eigenvalue weighted by atomic mass is 19.4. The van der Waals surface area contributed by atoms with E-state index in [1.165, 1.54) is 23.7 Å². The summed E-state index contributed by atoms with van der Waals surface area (Å²) in [6.07, 6.45) is -0.464. The first-order chi connectivity index (χ1) is 7.97. The number of alkyl halides is 3. The van der Waals surface area contributed by atoms with Crippen molar-refractivity contribution in [2.75, 3.05) is 6.54 Å². The molecule has 2 rings (SSSR count). The number of aromatic nitrogens is 2. The van der Waals surface area contributed by atoms with Crippen LogP contribution in [0.2, 0.25) is 0 Å². The largest absolute Gasteiger partial charge is 0.435 e. The highest BCUT2D eigenvalue weighted by Crippen LogP contribution is 2.32. The van der Waals surface area contributed by atoms with Crippen LogP contribution < -0.4 is 5.32 Å². The van der Waals surface area contributed by atoms with E-state index in [2.05, 4.69) is 17.3 Å². The topological polar surface area (TPSA) is 29.9 Å². The Balaban J connectivity index is 1.77. The van der Waals surface area contributed by atoms with Gasteiger partial charge in [-0.25, -0.2) is 0 Å². The minimum absolute atomic E-state index is 0.452. The van der Waals surface area contributed by atoms with Crippen LogP contribution in [0.4, 0.5) is 13.2 Å². The van der Waals surface area contributed by atoms with Gasteiger partial charge >= 0.3 is 6.18 Å². The van der Waals surface area contributed by atoms with Gasteiger partial charge in [0.15, 0.2) is 5.69 Å². The Kier molecular flexibility index (Phi) is 3.42. The second-order valence-electron chi connectivity index (χ2n) is 4.54. The van der Waals surface area contributed by atoms with Crippen molar-refractivity contribution in [3.05, 3.63) is 18.0 Å². The highest BCUT2D eigenvalue weighted by molar-refractivity contribution is 5.03. The fourth-order valence-electron chi connectivity index (χ4n) is 1.81. The van der Waals surface area contributed by atoms with E-state index in [0.717, 1.165) is 12.0 Å². The van der Waals surface area contributed by atoms with Crippen molar-refractivity contribution >= 4 is 0 Å². The molecule has 1 aromatic rings. The second kappa shape index (κ2) is 4.68. The smallest absolute Gasteiger partial charge is 0.312 e. The lowest BCUT2D eigenvalue weighted by molar-refractivity contribution is -0.141. The van der Waals surface area contributed by atoms with Crippen molar-refractivity contribution in [3.8, 4) is 0 Å². The lowest BCUT2D eigenvalue weighted by atomic mass is 10.2. The molecule has 0 saturated heterocycles. The monoisotopic (exact) mass is 247 g/mol. The molecule has 0 aliphatic heterocycles. The molecule has 6 heteroatoms. The summed E-state index contributed by atoms with van der Waals surface area (Å²) in [5.74, 6) is 0.748. The molecule has 17 heavy (non-hydrogen) atoms. The lowest BCUT2D eigenvalue weighted by Gasteiger charge is -2.12. The summed E-state index contributed by atoms with van der Waals surface area (Å²) < 4.78 is 38.2. The maximum Gasteiger partial charge on any atom is 0.435 e. The first kappa shape index (κ1) is 12.4. The summed E-state index contributed by atoms with van der Waals surface area (Å²) in [6, 6.07) is 1.46. The zero-order valence-electron chi connectivity index (χ0n) is 9.67. The van der Waals surface area contributed by atoms with Gasteiger partial charge in [-0.15, -0.1) is 0 Å². The minimum atomic E-state index is -4.35. The van der Waals surface area contributed by atoms with Crippen LogP contribution in [-0.4, -0.2) is 22.4 Å². The van der Waals surface area contributed by atoms with E-state index in [-0.39, 0.29) is 0 Å². The van der Waals surface area contributed by atoms with Gasteiger partial charge in [0.2, 0.25) is 0 Å². The molecule has 1 heterocycles. The molecule has 1 aromatic heterocycles. The summed E-state index contributed by atoms with van der Waals surface area (Å²) in [5, 5.41) is 6.79. The van der Waals surface area contributed by atoms with E-state index in [1.807, 2.05) is 0 Å². The zero-order chi connectivity index (χ0) is 12.5. The molecule has 1 unspecified atom stereocenters. The van der Waals surface area contributed by atoms with Gasteiger partial charge in [-0.05, 0) is 31.7 Å². The first-order valence-electron chi connectivity index (χ1n) is 5.81. The SMILES string of the molecule is CC(NCCn1ccc(C(F)(F)F)n1)C1CC1. The van der Waals surface area contributed by atoms with Crippen molar-refractivity contribution in [2.45, 2.75) is 38.5 Å². The Bertz CT molecular complexity index is 368. The third-order valence-corrected chi connectivity index (χ3v) is 3.07. The van der Waals surface area contributed by atoms with Gasteiger partial charge in [0, 0.05) is 18.8 Å². The molecule has 1 saturated carbocycles. The van der Waals surface area contributed by atoms with Gasteiger partial charge in [0.05, 0.1) is 6.54 Å². The number of hydrogen-bond donors (Lipinski definition) is 1. The molecule has 3 nitrogen and oxygen atoms in total. The Morgan fingerprint density at radius 1 is 1.53 bits per heavy atom. The number of nitrogens with zero attached hydrogens (tertiary/aromatic N) is 2. The van der Waals surface area contributed by atoms with Gasteiger partial charge in [-0.2, -0.15) is 18.3 Å². The summed E-state index contributed by atoms with van der Waals surface area (Å²) in [4.78, 5) is 0. The Labute approximate surface area is 98.0 Å². The summed E-state index contributed by atoms with van der Waals surface area (Å²) in [5.41, 5.74) is -0.826. The van der Waals surface area contributed by atoms with Crippen molar-refractivity contribution in [1.82, 2.24) is 15.1 Å². The van der Waals surface area contributed by atoms with Crippen molar-refractivity contribution in [1.29, 1.82) is 0 Å². The van der Waals surface area contributed by atoms with Crippen LogP contribution in [0.1, 0.15) is 25.5 Å². The number of rotatable bonds is 5. The van der Waals surface area contributed by atoms with Crippen LogP contribution in [0.5, 0.6) is 0 Å². The maximum atomic E-state index is 12.3. The van der Waals surface area contributed by atoms with Crippen LogP contribution in [0, 0.1) is 5.92 Å². The summed E-state index contributed by atoms with van der Waals surface area (Å²) in [7, 11) is 0. The predicted octanol–water partition coefficient (Wildman–Crippen LogP) is 2.29. The van der Waals surface area contributed by atoms with Crippen molar-refractivity contribution < 1.29 is 13.2 Å². The Morgan fingerprint density at radius 2 is 2.24 bits per heavy atom. The van der Waals surface area contributed by atoms with Gasteiger partial charge in [-0.1, -0.05) is 0 Å². The summed E-state index contributed by atoms with van der Waals surface area (Å²) in [6.45, 7) is 3.23. The molecule has 0 spiro atoms. The third-order valence-electron chi connectivity index (χ3n) is 3.07. The molecular formula is C11H16F3N3. The lowest BCUT2D eigenvalue weighted by Crippen LogP contribution is -2.31. The van der Waals surface area contributed by atoms with E-state index >= 15 is 0 Å². The molecule has 0 radical (unpaired) electrons. The molecule has 0 amide bonds. The van der Waals surface area contributed by atoms with Crippen molar-refractivity contribution in [2.24, 2.45) is 5.92 Å². The first-order valence-corrected chi connectivity index (χ1v) is 5.81. The molecule has 1 aliphatic carbocycles. The normalized spacial score (nSPS) is 18.4. The quantitative estimate of drug-likeness (QED) is 0.865. The standard InChI is InChI=1S/C11H16F3N3/c1-8(9-2-3-9)15-5-7-17-6-4-10(16-17)11(12,13)14/h4,6,8-9,15H,2-3,5,7H2,1H3. The average Bonchev–Trinajstić information content (AvgIpc) is 2.97. The van der Waals surface area contributed by atoms with Crippen LogP contribution in [0.3, 0.4) is 0 Å². The average molecular weight is 247 g/mol. The van der Waals surface area contributed by atoms with Crippen LogP contribution >= 0.6 is 0 Å². The molecule has 1 atom stereocenters. The maximum absolute atomic E-state index is 12.3. The van der Waals surface area contributed by atoms with Crippen LogP contribution in [-0.2, 0) is 12.7 Å². The Hall–Kier alpha value is -1.04. The number of nitrogens with one attached hydrogen (secondary N) is 1. The predicted molar refractivity (Wildman–Crippen MR) is 57.4 cm³/mol. The van der Waals surface area contributed by atoms with E-state index in [0.29, 0.717) is 19.1 Å². The van der Waals surface area contributed by atoms with E-state index in [1.54, 1.807) is 0 Å². The fraction of sp³-hybridized carbons (Fsp3) is 0.727. The van der Waals surface area contributed by atoms with E-state index in [9.17, 15) is 13.2 Å². The molecular weight excluding hydrogens is 231 g/mol. The van der Waals surface area contributed by atoms with Crippen LogP contribution in [0.25, 0.3) is 0 Å². The van der Waals surface area contributed by atoms with E-state index in [4.69, 9.17) is 0 Å². The Morgan fingerprint density at radius 3 is 2.76 bits per heavy atom. The molecule has 1 aliphatic rings. The highest BCUT2D eigenvalue weighted by Gasteiger charge is 2.33. The molecule has 1 N–H and O–H groups in total. The number of halogens is 3. The molecule has 1 fully saturated rings. The fourth-order valence-corrected chi connectivity index (χ4v) is 1.81. The van der Waals surface area contributed by atoms with Crippen LogP contribution in [0.15, 0.2) is 12.3 Å². The van der Waals surface area contributed by atoms with Gasteiger partial charge in [0.25, 0.3) is 0 Å². The third kappa shape index (κ3) is 3.46. The van der Waals surface area contributed by atoms with E-state index < -0.39 is 11.9 Å². The van der Waals surface area contributed by atoms with Gasteiger partial charge in [-0.3, -0.25) is 4.68 Å². The zero-order valence-corrected chi connectivity index (χ0v) is 9.67. The van der Waals surface area contributed by atoms with Gasteiger partial charge < -0.3 is 5.32 Å². The number of hydrogen-bond acceptors (Lipinski definition) is 2.